The molecule has 0 fully saturated rings. The van der Waals surface area contributed by atoms with Crippen molar-refractivity contribution in [2.24, 2.45) is 0 Å². The second kappa shape index (κ2) is 4.59. The third kappa shape index (κ3) is 1.86. The van der Waals surface area contributed by atoms with Gasteiger partial charge >= 0.3 is 0 Å². The lowest BCUT2D eigenvalue weighted by Crippen LogP contribution is -1.97. The minimum Gasteiger partial charge on any atom is -0.497 e. The molecule has 0 aliphatic carbocycles. The maximum absolute atomic E-state index is 6.01. The number of anilines is 1. The molecule has 0 saturated heterocycles. The van der Waals surface area contributed by atoms with E-state index in [1.54, 1.807) is 18.4 Å². The van der Waals surface area contributed by atoms with Crippen LogP contribution in [0.5, 0.6) is 5.75 Å². The highest BCUT2D eigenvalue weighted by molar-refractivity contribution is 7.14. The Labute approximate surface area is 115 Å². The summed E-state index contributed by atoms with van der Waals surface area (Å²) in [5, 5.41) is 1.99. The number of rotatable bonds is 3. The van der Waals surface area contributed by atoms with Gasteiger partial charge in [-0.3, -0.25) is 0 Å². The number of aromatic nitrogens is 2. The van der Waals surface area contributed by atoms with Gasteiger partial charge in [-0.1, -0.05) is 0 Å². The lowest BCUT2D eigenvalue weighted by Gasteiger charge is -2.05. The van der Waals surface area contributed by atoms with E-state index < -0.39 is 0 Å². The van der Waals surface area contributed by atoms with Gasteiger partial charge in [0.1, 0.15) is 5.75 Å². The molecule has 0 radical (unpaired) electrons. The number of hydrogen-bond donors (Lipinski definition) is 1. The summed E-state index contributed by atoms with van der Waals surface area (Å²) in [7, 11) is 1.66. The molecule has 0 aliphatic heterocycles. The van der Waals surface area contributed by atoms with Gasteiger partial charge in [0.05, 0.1) is 28.7 Å². The number of methoxy groups -OCH3 is 1. The molecule has 0 spiro atoms. The van der Waals surface area contributed by atoms with E-state index in [2.05, 4.69) is 11.5 Å². The number of fused-ring (bicyclic) bond motifs is 1. The Balaban J connectivity index is 2.27. The lowest BCUT2D eigenvalue weighted by molar-refractivity contribution is 0.415. The van der Waals surface area contributed by atoms with Gasteiger partial charge in [-0.2, -0.15) is 0 Å². The minimum atomic E-state index is 0.780. The third-order valence-electron chi connectivity index (χ3n) is 3.17. The molecule has 19 heavy (non-hydrogen) atoms. The predicted octanol–water partition coefficient (Wildman–Crippen LogP) is 3.38. The summed E-state index contributed by atoms with van der Waals surface area (Å²) in [6, 6.07) is 7.87. The molecule has 0 bridgehead atoms. The Morgan fingerprint density at radius 3 is 2.84 bits per heavy atom. The van der Waals surface area contributed by atoms with Crippen LogP contribution in [0, 0.1) is 0 Å². The molecule has 1 aromatic carbocycles. The quantitative estimate of drug-likeness (QED) is 0.796. The summed E-state index contributed by atoms with van der Waals surface area (Å²) in [5.41, 5.74) is 8.82. The van der Waals surface area contributed by atoms with Crippen LogP contribution in [0.1, 0.15) is 6.92 Å². The van der Waals surface area contributed by atoms with Crippen molar-refractivity contribution >= 4 is 28.1 Å². The van der Waals surface area contributed by atoms with Crippen molar-refractivity contribution in [3.05, 3.63) is 29.6 Å². The molecule has 3 aromatic rings. The standard InChI is InChI=1S/C14H15N3OS/c1-3-17-12-5-4-9(18-2)8-11(12)16-14(17)13-10(15)6-7-19-13/h4-8H,3,15H2,1-2H3. The number of hydrogen-bond acceptors (Lipinski definition) is 4. The number of nitrogens with zero attached hydrogens (tertiary/aromatic N) is 2. The predicted molar refractivity (Wildman–Crippen MR) is 79.7 cm³/mol. The van der Waals surface area contributed by atoms with Gasteiger partial charge in [-0.15, -0.1) is 11.3 Å². The second-order valence-electron chi connectivity index (χ2n) is 4.24. The highest BCUT2D eigenvalue weighted by Gasteiger charge is 2.15. The zero-order valence-electron chi connectivity index (χ0n) is 10.9. The Kier molecular flexibility index (Phi) is 2.91. The lowest BCUT2D eigenvalue weighted by atomic mass is 10.3. The highest BCUT2D eigenvalue weighted by atomic mass is 32.1. The summed E-state index contributed by atoms with van der Waals surface area (Å²) < 4.78 is 7.43. The van der Waals surface area contributed by atoms with Gasteiger partial charge in [-0.25, -0.2) is 4.98 Å². The molecule has 0 unspecified atom stereocenters. The van der Waals surface area contributed by atoms with Crippen molar-refractivity contribution in [1.29, 1.82) is 0 Å². The van der Waals surface area contributed by atoms with E-state index >= 15 is 0 Å². The third-order valence-corrected chi connectivity index (χ3v) is 4.10. The van der Waals surface area contributed by atoms with E-state index in [-0.39, 0.29) is 0 Å². The molecular formula is C14H15N3OS. The number of nitrogen functional groups attached to an aromatic ring is 1. The molecule has 4 nitrogen and oxygen atoms in total. The van der Waals surface area contributed by atoms with Crippen molar-refractivity contribution in [2.45, 2.75) is 13.5 Å². The van der Waals surface area contributed by atoms with Crippen LogP contribution in [0.15, 0.2) is 29.6 Å². The molecule has 5 heteroatoms. The summed E-state index contributed by atoms with van der Waals surface area (Å²) in [4.78, 5) is 5.73. The summed E-state index contributed by atoms with van der Waals surface area (Å²) in [5.74, 6) is 1.75. The Bertz CT molecular complexity index is 729. The average Bonchev–Trinajstić information content (AvgIpc) is 3.00. The number of aryl methyl sites for hydroxylation is 1. The second-order valence-corrected chi connectivity index (χ2v) is 5.16. The van der Waals surface area contributed by atoms with Gasteiger partial charge in [0.15, 0.2) is 5.82 Å². The molecule has 2 heterocycles. The first kappa shape index (κ1) is 12.0. The Morgan fingerprint density at radius 1 is 1.37 bits per heavy atom. The molecule has 3 rings (SSSR count). The number of thiophene rings is 1. The van der Waals surface area contributed by atoms with Crippen molar-refractivity contribution in [3.8, 4) is 16.5 Å². The van der Waals surface area contributed by atoms with Crippen molar-refractivity contribution in [1.82, 2.24) is 9.55 Å². The van der Waals surface area contributed by atoms with Crippen LogP contribution in [0.2, 0.25) is 0 Å². The van der Waals surface area contributed by atoms with Crippen LogP contribution in [-0.2, 0) is 6.54 Å². The first-order valence-corrected chi connectivity index (χ1v) is 7.00. The SMILES string of the molecule is CCn1c(-c2sccc2N)nc2cc(OC)ccc21. The Morgan fingerprint density at radius 2 is 2.21 bits per heavy atom. The molecular weight excluding hydrogens is 258 g/mol. The van der Waals surface area contributed by atoms with Gasteiger partial charge in [-0.05, 0) is 30.5 Å². The van der Waals surface area contributed by atoms with E-state index in [1.165, 1.54) is 0 Å². The van der Waals surface area contributed by atoms with Crippen molar-refractivity contribution in [3.63, 3.8) is 0 Å². The molecule has 2 aromatic heterocycles. The first-order valence-electron chi connectivity index (χ1n) is 6.12. The largest absolute Gasteiger partial charge is 0.497 e. The summed E-state index contributed by atoms with van der Waals surface area (Å²) in [6.07, 6.45) is 0. The fraction of sp³-hybridized carbons (Fsp3) is 0.214. The molecule has 2 N–H and O–H groups in total. The van der Waals surface area contributed by atoms with Crippen LogP contribution in [0.25, 0.3) is 21.7 Å². The van der Waals surface area contributed by atoms with E-state index in [4.69, 9.17) is 15.5 Å². The fourth-order valence-corrected chi connectivity index (χ4v) is 3.05. The maximum atomic E-state index is 6.01. The van der Waals surface area contributed by atoms with Gasteiger partial charge < -0.3 is 15.0 Å². The van der Waals surface area contributed by atoms with Crippen molar-refractivity contribution < 1.29 is 4.74 Å². The molecule has 0 amide bonds. The molecule has 0 saturated carbocycles. The molecule has 0 aliphatic rings. The van der Waals surface area contributed by atoms with Gasteiger partial charge in [0.2, 0.25) is 0 Å². The van der Waals surface area contributed by atoms with Gasteiger partial charge in [0.25, 0.3) is 0 Å². The fourth-order valence-electron chi connectivity index (χ4n) is 2.23. The topological polar surface area (TPSA) is 53.1 Å². The van der Waals surface area contributed by atoms with Crippen LogP contribution in [0.3, 0.4) is 0 Å². The molecule has 98 valence electrons. The zero-order valence-corrected chi connectivity index (χ0v) is 11.7. The first-order chi connectivity index (χ1) is 9.24. The zero-order chi connectivity index (χ0) is 13.4. The number of nitrogens with two attached hydrogens (primary N) is 1. The van der Waals surface area contributed by atoms with Crippen LogP contribution >= 0.6 is 11.3 Å². The van der Waals surface area contributed by atoms with E-state index in [9.17, 15) is 0 Å². The van der Waals surface area contributed by atoms with Crippen LogP contribution in [0.4, 0.5) is 5.69 Å². The number of benzene rings is 1. The van der Waals surface area contributed by atoms with E-state index in [0.717, 1.165) is 39.7 Å². The van der Waals surface area contributed by atoms with Crippen LogP contribution in [-0.4, -0.2) is 16.7 Å². The van der Waals surface area contributed by atoms with Crippen LogP contribution < -0.4 is 10.5 Å². The normalized spacial score (nSPS) is 11.1. The average molecular weight is 273 g/mol. The summed E-state index contributed by atoms with van der Waals surface area (Å²) >= 11 is 1.62. The minimum absolute atomic E-state index is 0.780. The van der Waals surface area contributed by atoms with E-state index in [0.29, 0.717) is 0 Å². The van der Waals surface area contributed by atoms with Gasteiger partial charge in [0, 0.05) is 12.6 Å². The smallest absolute Gasteiger partial charge is 0.153 e. The number of ether oxygens (including phenoxy) is 1. The molecule has 0 atom stereocenters. The summed E-state index contributed by atoms with van der Waals surface area (Å²) in [6.45, 7) is 2.97. The highest BCUT2D eigenvalue weighted by Crippen LogP contribution is 2.34. The van der Waals surface area contributed by atoms with E-state index in [1.807, 2.05) is 29.6 Å². The monoisotopic (exact) mass is 273 g/mol. The Hall–Kier alpha value is -2.01. The number of imidazole rings is 1. The van der Waals surface area contributed by atoms with Crippen molar-refractivity contribution in [2.75, 3.05) is 12.8 Å². The maximum Gasteiger partial charge on any atom is 0.153 e.